The monoisotopic (exact) mass is 257 g/mol. The van der Waals surface area contributed by atoms with Crippen molar-refractivity contribution in [2.24, 2.45) is 5.41 Å². The van der Waals surface area contributed by atoms with E-state index < -0.39 is 9.04 Å². The van der Waals surface area contributed by atoms with Crippen molar-refractivity contribution in [1.29, 1.82) is 0 Å². The molecule has 1 rings (SSSR count). The number of nitrogens with zero attached hydrogens (tertiary/aromatic N) is 1. The van der Waals surface area contributed by atoms with Crippen LogP contribution in [0, 0.1) is 12.3 Å². The van der Waals surface area contributed by atoms with Crippen LogP contribution in [-0.4, -0.2) is 19.1 Å². The first-order valence-electron chi connectivity index (χ1n) is 5.98. The summed E-state index contributed by atoms with van der Waals surface area (Å²) < 4.78 is 11.7. The Hall–Kier alpha value is -0.653. The van der Waals surface area contributed by atoms with Gasteiger partial charge in [0.25, 0.3) is 0 Å². The topological polar surface area (TPSA) is 55.5 Å². The molecule has 0 saturated carbocycles. The van der Waals surface area contributed by atoms with E-state index in [1.54, 1.807) is 0 Å². The van der Waals surface area contributed by atoms with E-state index in [2.05, 4.69) is 38.8 Å². The van der Waals surface area contributed by atoms with Gasteiger partial charge in [0.05, 0.1) is 5.69 Å². The summed E-state index contributed by atoms with van der Waals surface area (Å²) >= 11 is 0. The maximum atomic E-state index is 9.05. The van der Waals surface area contributed by atoms with Gasteiger partial charge in [-0.25, -0.2) is 4.98 Å². The number of aliphatic hydroxyl groups is 1. The van der Waals surface area contributed by atoms with Crippen LogP contribution in [0.3, 0.4) is 0 Å². The molecule has 0 bridgehead atoms. The number of aromatic nitrogens is 1. The molecule has 0 amide bonds. The van der Waals surface area contributed by atoms with Gasteiger partial charge >= 0.3 is 0 Å². The number of hydrogen-bond acceptors (Lipinski definition) is 4. The summed E-state index contributed by atoms with van der Waals surface area (Å²) in [5.74, 6) is 1.11. The highest BCUT2D eigenvalue weighted by Gasteiger charge is 2.32. The molecule has 0 aliphatic carbocycles. The molecule has 17 heavy (non-hydrogen) atoms. The van der Waals surface area contributed by atoms with Gasteiger partial charge in [0.1, 0.15) is 12.7 Å². The minimum Gasteiger partial charge on any atom is -0.440 e. The van der Waals surface area contributed by atoms with Crippen molar-refractivity contribution < 1.29 is 13.9 Å². The van der Waals surface area contributed by atoms with Crippen LogP contribution in [0.15, 0.2) is 4.42 Å². The zero-order chi connectivity index (χ0) is 13.2. The van der Waals surface area contributed by atoms with Crippen molar-refractivity contribution in [2.75, 3.05) is 0 Å². The molecule has 1 heterocycles. The van der Waals surface area contributed by atoms with Crippen LogP contribution in [0.2, 0.25) is 13.1 Å². The lowest BCUT2D eigenvalue weighted by atomic mass is 9.87. The number of aliphatic hydroxyl groups excluding tert-OH is 1. The quantitative estimate of drug-likeness (QED) is 0.842. The molecular weight excluding hydrogens is 234 g/mol. The maximum absolute atomic E-state index is 9.05. The first-order chi connectivity index (χ1) is 7.75. The predicted molar refractivity (Wildman–Crippen MR) is 69.3 cm³/mol. The standard InChI is InChI=1S/C12H23NO3Si/c1-8-10(15-9(7-14)13-8)11(12(2,3)4)16-17(5)6/h11,14,17H,7H2,1-6H3. The molecule has 0 aromatic carbocycles. The van der Waals surface area contributed by atoms with Gasteiger partial charge in [-0.1, -0.05) is 20.8 Å². The summed E-state index contributed by atoms with van der Waals surface area (Å²) in [5.41, 5.74) is 0.762. The van der Waals surface area contributed by atoms with Gasteiger partial charge in [-0.15, -0.1) is 0 Å². The lowest BCUT2D eigenvalue weighted by Gasteiger charge is -2.31. The van der Waals surface area contributed by atoms with E-state index in [0.29, 0.717) is 5.89 Å². The molecule has 0 saturated heterocycles. The van der Waals surface area contributed by atoms with Crippen LogP contribution >= 0.6 is 0 Å². The van der Waals surface area contributed by atoms with Crippen molar-refractivity contribution in [3.63, 3.8) is 0 Å². The Kier molecular flexibility index (Phi) is 4.52. The smallest absolute Gasteiger partial charge is 0.220 e. The lowest BCUT2D eigenvalue weighted by Crippen LogP contribution is -2.26. The largest absolute Gasteiger partial charge is 0.440 e. The van der Waals surface area contributed by atoms with Crippen LogP contribution in [0.25, 0.3) is 0 Å². The molecule has 0 aliphatic rings. The number of hydrogen-bond donors (Lipinski definition) is 1. The second kappa shape index (κ2) is 5.33. The van der Waals surface area contributed by atoms with Gasteiger partial charge < -0.3 is 13.9 Å². The van der Waals surface area contributed by atoms with E-state index in [0.717, 1.165) is 11.5 Å². The zero-order valence-electron chi connectivity index (χ0n) is 11.6. The van der Waals surface area contributed by atoms with E-state index in [-0.39, 0.29) is 18.1 Å². The van der Waals surface area contributed by atoms with Crippen LogP contribution in [0.4, 0.5) is 0 Å². The Bertz CT molecular complexity index is 368. The predicted octanol–water partition coefficient (Wildman–Crippen LogP) is 2.56. The fraction of sp³-hybridized carbons (Fsp3) is 0.750. The summed E-state index contributed by atoms with van der Waals surface area (Å²) in [5, 5.41) is 9.05. The Morgan fingerprint density at radius 1 is 1.41 bits per heavy atom. The second-order valence-corrected chi connectivity index (χ2v) is 8.02. The van der Waals surface area contributed by atoms with Gasteiger partial charge in [0.2, 0.25) is 5.89 Å². The molecule has 1 aromatic heterocycles. The number of oxazole rings is 1. The number of rotatable bonds is 4. The van der Waals surface area contributed by atoms with Crippen molar-refractivity contribution >= 4 is 9.04 Å². The molecule has 4 nitrogen and oxygen atoms in total. The van der Waals surface area contributed by atoms with E-state index in [1.807, 2.05) is 6.92 Å². The molecule has 5 heteroatoms. The van der Waals surface area contributed by atoms with E-state index in [9.17, 15) is 0 Å². The Morgan fingerprint density at radius 3 is 2.35 bits per heavy atom. The maximum Gasteiger partial charge on any atom is 0.220 e. The van der Waals surface area contributed by atoms with Gasteiger partial charge in [-0.2, -0.15) is 0 Å². The molecule has 0 fully saturated rings. The van der Waals surface area contributed by atoms with E-state index >= 15 is 0 Å². The van der Waals surface area contributed by atoms with Gasteiger partial charge in [0.15, 0.2) is 14.8 Å². The molecule has 98 valence electrons. The highest BCUT2D eigenvalue weighted by atomic mass is 28.3. The summed E-state index contributed by atoms with van der Waals surface area (Å²) in [4.78, 5) is 4.19. The molecule has 1 N–H and O–H groups in total. The Labute approximate surface area is 105 Å². The summed E-state index contributed by atoms with van der Waals surface area (Å²) in [7, 11) is -1.17. The van der Waals surface area contributed by atoms with Crippen molar-refractivity contribution in [1.82, 2.24) is 4.98 Å². The average molecular weight is 257 g/mol. The normalized spacial score (nSPS) is 14.4. The number of aryl methyl sites for hydroxylation is 1. The molecular formula is C12H23NO3Si. The van der Waals surface area contributed by atoms with Crippen LogP contribution in [0.1, 0.15) is 44.2 Å². The SMILES string of the molecule is Cc1nc(CO)oc1C(O[SiH](C)C)C(C)(C)C. The molecule has 1 atom stereocenters. The van der Waals surface area contributed by atoms with Crippen molar-refractivity contribution in [3.05, 3.63) is 17.3 Å². The molecule has 1 unspecified atom stereocenters. The molecule has 0 spiro atoms. The molecule has 0 aliphatic heterocycles. The van der Waals surface area contributed by atoms with E-state index in [4.69, 9.17) is 13.9 Å². The van der Waals surface area contributed by atoms with E-state index in [1.165, 1.54) is 0 Å². The highest BCUT2D eigenvalue weighted by molar-refractivity contribution is 6.48. The minimum atomic E-state index is -1.17. The third kappa shape index (κ3) is 3.66. The van der Waals surface area contributed by atoms with Crippen LogP contribution in [-0.2, 0) is 11.0 Å². The fourth-order valence-corrected chi connectivity index (χ4v) is 2.78. The highest BCUT2D eigenvalue weighted by Crippen LogP contribution is 2.38. The average Bonchev–Trinajstić information content (AvgIpc) is 2.54. The Balaban J connectivity index is 3.08. The third-order valence-electron chi connectivity index (χ3n) is 2.44. The van der Waals surface area contributed by atoms with Gasteiger partial charge in [0, 0.05) is 0 Å². The minimum absolute atomic E-state index is 0.0473. The van der Waals surface area contributed by atoms with Gasteiger partial charge in [-0.3, -0.25) is 0 Å². The summed E-state index contributed by atoms with van der Waals surface area (Å²) in [6, 6.07) is 0. The summed E-state index contributed by atoms with van der Waals surface area (Å²) in [6.45, 7) is 12.4. The Morgan fingerprint density at radius 2 is 2.00 bits per heavy atom. The van der Waals surface area contributed by atoms with Crippen molar-refractivity contribution in [2.45, 2.75) is 53.5 Å². The lowest BCUT2D eigenvalue weighted by molar-refractivity contribution is 0.0626. The first kappa shape index (κ1) is 14.4. The van der Waals surface area contributed by atoms with Crippen LogP contribution in [0.5, 0.6) is 0 Å². The zero-order valence-corrected chi connectivity index (χ0v) is 12.7. The molecule has 0 radical (unpaired) electrons. The van der Waals surface area contributed by atoms with Crippen molar-refractivity contribution in [3.8, 4) is 0 Å². The third-order valence-corrected chi connectivity index (χ3v) is 3.26. The first-order valence-corrected chi connectivity index (χ1v) is 8.76. The summed E-state index contributed by atoms with van der Waals surface area (Å²) in [6.07, 6.45) is -0.0954. The van der Waals surface area contributed by atoms with Gasteiger partial charge in [-0.05, 0) is 25.4 Å². The molecule has 1 aromatic rings. The van der Waals surface area contributed by atoms with Crippen LogP contribution < -0.4 is 0 Å². The second-order valence-electron chi connectivity index (χ2n) is 5.65. The fourth-order valence-electron chi connectivity index (χ4n) is 1.71.